The van der Waals surface area contributed by atoms with Gasteiger partial charge in [0.25, 0.3) is 5.56 Å². The highest BCUT2D eigenvalue weighted by Gasteiger charge is 2.20. The molecule has 0 bridgehead atoms. The maximum atomic E-state index is 13.6. The Kier molecular flexibility index (Phi) is 7.03. The number of carbonyl (C=O) groups excluding carboxylic acids is 1. The van der Waals surface area contributed by atoms with Gasteiger partial charge in [-0.1, -0.05) is 30.3 Å². The number of fused-ring (bicyclic) bond motifs is 1. The fourth-order valence-electron chi connectivity index (χ4n) is 4.71. The maximum Gasteiger partial charge on any atom is 0.266 e. The van der Waals surface area contributed by atoms with Gasteiger partial charge in [0.2, 0.25) is 5.91 Å². The average molecular weight is 496 g/mol. The maximum absolute atomic E-state index is 13.6. The first-order valence-electron chi connectivity index (χ1n) is 12.4. The summed E-state index contributed by atoms with van der Waals surface area (Å²) in [5, 5.41) is 2.76. The summed E-state index contributed by atoms with van der Waals surface area (Å²) in [5.41, 5.74) is 3.61. The molecule has 5 rings (SSSR count). The molecule has 0 atom stereocenters. The van der Waals surface area contributed by atoms with E-state index in [0.29, 0.717) is 39.7 Å². The van der Waals surface area contributed by atoms with E-state index in [1.54, 1.807) is 31.5 Å². The zero-order chi connectivity index (χ0) is 25.8. The average Bonchev–Trinajstić information content (AvgIpc) is 3.42. The Morgan fingerprint density at radius 3 is 2.54 bits per heavy atom. The van der Waals surface area contributed by atoms with Crippen molar-refractivity contribution < 1.29 is 14.3 Å². The molecule has 1 aliphatic carbocycles. The molecule has 0 radical (unpaired) electrons. The van der Waals surface area contributed by atoms with Crippen LogP contribution in [0.3, 0.4) is 0 Å². The lowest BCUT2D eigenvalue weighted by molar-refractivity contribution is -0.114. The minimum Gasteiger partial charge on any atom is -0.493 e. The third kappa shape index (κ3) is 5.26. The highest BCUT2D eigenvalue weighted by atomic mass is 16.5. The van der Waals surface area contributed by atoms with Crippen LogP contribution in [-0.2, 0) is 4.79 Å². The fraction of sp³-hybridized carbons (Fsp3) is 0.233. The van der Waals surface area contributed by atoms with Crippen LogP contribution in [0.15, 0.2) is 71.7 Å². The van der Waals surface area contributed by atoms with Gasteiger partial charge in [0.15, 0.2) is 11.5 Å². The van der Waals surface area contributed by atoms with Gasteiger partial charge in [0.1, 0.15) is 5.65 Å². The number of nitrogens with one attached hydrogen (secondary N) is 1. The summed E-state index contributed by atoms with van der Waals surface area (Å²) in [5.74, 6) is 1.22. The van der Waals surface area contributed by atoms with Gasteiger partial charge < -0.3 is 14.8 Å². The lowest BCUT2D eigenvalue weighted by atomic mass is 10.0. The Bertz CT molecular complexity index is 1520. The van der Waals surface area contributed by atoms with Crippen LogP contribution in [0, 0.1) is 0 Å². The Labute approximate surface area is 215 Å². The molecule has 2 aromatic carbocycles. The molecule has 7 nitrogen and oxygen atoms in total. The van der Waals surface area contributed by atoms with Crippen molar-refractivity contribution >= 4 is 29.4 Å². The Hall–Kier alpha value is -4.39. The minimum absolute atomic E-state index is 0.155. The van der Waals surface area contributed by atoms with Crippen molar-refractivity contribution in [2.24, 2.45) is 0 Å². The molecule has 2 heterocycles. The second-order valence-electron chi connectivity index (χ2n) is 9.10. The number of para-hydroxylation sites is 1. The highest BCUT2D eigenvalue weighted by Crippen LogP contribution is 2.36. The number of rotatable bonds is 7. The van der Waals surface area contributed by atoms with Gasteiger partial charge in [0, 0.05) is 24.4 Å². The molecule has 0 spiro atoms. The number of hydrogen-bond donors (Lipinski definition) is 1. The zero-order valence-corrected chi connectivity index (χ0v) is 20.9. The third-order valence-corrected chi connectivity index (χ3v) is 6.49. The summed E-state index contributed by atoms with van der Waals surface area (Å²) in [6.45, 7) is 1.46. The van der Waals surface area contributed by atoms with E-state index in [4.69, 9.17) is 14.5 Å². The first kappa shape index (κ1) is 24.3. The van der Waals surface area contributed by atoms with Crippen molar-refractivity contribution in [1.82, 2.24) is 9.38 Å². The van der Waals surface area contributed by atoms with Crippen molar-refractivity contribution in [2.75, 3.05) is 12.4 Å². The van der Waals surface area contributed by atoms with Gasteiger partial charge in [-0.2, -0.15) is 0 Å². The van der Waals surface area contributed by atoms with Gasteiger partial charge in [-0.05, 0) is 73.7 Å². The van der Waals surface area contributed by atoms with Crippen LogP contribution in [-0.4, -0.2) is 28.5 Å². The van der Waals surface area contributed by atoms with E-state index in [1.807, 2.05) is 54.6 Å². The number of nitrogens with zero attached hydrogens (tertiary/aromatic N) is 2. The summed E-state index contributed by atoms with van der Waals surface area (Å²) in [6.07, 6.45) is 10.0. The molecule has 0 saturated heterocycles. The summed E-state index contributed by atoms with van der Waals surface area (Å²) in [7, 11) is 1.64. The molecule has 4 aromatic rings. The van der Waals surface area contributed by atoms with E-state index in [1.165, 1.54) is 24.2 Å². The summed E-state index contributed by atoms with van der Waals surface area (Å²) < 4.78 is 13.5. The fourth-order valence-corrected chi connectivity index (χ4v) is 4.71. The third-order valence-electron chi connectivity index (χ3n) is 6.49. The van der Waals surface area contributed by atoms with Crippen LogP contribution in [0.5, 0.6) is 11.5 Å². The van der Waals surface area contributed by atoms with Gasteiger partial charge in [-0.3, -0.25) is 14.0 Å². The molecule has 2 aromatic heterocycles. The summed E-state index contributed by atoms with van der Waals surface area (Å²) >= 11 is 0. The van der Waals surface area contributed by atoms with Crippen LogP contribution in [0.25, 0.3) is 28.9 Å². The van der Waals surface area contributed by atoms with Crippen LogP contribution in [0.1, 0.15) is 43.9 Å². The predicted octanol–water partition coefficient (Wildman–Crippen LogP) is 5.82. The molecule has 37 heavy (non-hydrogen) atoms. The number of hydrogen-bond acceptors (Lipinski definition) is 5. The highest BCUT2D eigenvalue weighted by molar-refractivity contribution is 5.89. The number of anilines is 1. The van der Waals surface area contributed by atoms with Crippen LogP contribution in [0.4, 0.5) is 5.69 Å². The molecule has 0 aliphatic heterocycles. The molecule has 1 fully saturated rings. The Morgan fingerprint density at radius 1 is 1.03 bits per heavy atom. The Morgan fingerprint density at radius 2 is 1.81 bits per heavy atom. The Balaban J connectivity index is 1.60. The molecule has 0 unspecified atom stereocenters. The number of amides is 1. The van der Waals surface area contributed by atoms with E-state index < -0.39 is 0 Å². The molecular formula is C30H29N3O4. The molecular weight excluding hydrogens is 466 g/mol. The van der Waals surface area contributed by atoms with Crippen LogP contribution < -0.4 is 20.3 Å². The van der Waals surface area contributed by atoms with Crippen molar-refractivity contribution in [3.8, 4) is 22.6 Å². The number of carbonyl (C=O) groups is 1. The van der Waals surface area contributed by atoms with E-state index in [0.717, 1.165) is 18.4 Å². The molecule has 1 amide bonds. The quantitative estimate of drug-likeness (QED) is 0.349. The first-order valence-corrected chi connectivity index (χ1v) is 12.4. The number of ether oxygens (including phenoxy) is 2. The van der Waals surface area contributed by atoms with Gasteiger partial charge in [0.05, 0.1) is 24.5 Å². The van der Waals surface area contributed by atoms with Crippen LogP contribution >= 0.6 is 0 Å². The number of aromatic nitrogens is 2. The second-order valence-corrected chi connectivity index (χ2v) is 9.10. The van der Waals surface area contributed by atoms with E-state index in [9.17, 15) is 9.59 Å². The number of pyridine rings is 1. The lowest BCUT2D eigenvalue weighted by Crippen LogP contribution is -2.18. The lowest BCUT2D eigenvalue weighted by Gasteiger charge is -2.18. The number of methoxy groups -OCH3 is 1. The smallest absolute Gasteiger partial charge is 0.266 e. The zero-order valence-electron chi connectivity index (χ0n) is 20.9. The van der Waals surface area contributed by atoms with Crippen molar-refractivity contribution in [3.05, 3.63) is 88.5 Å². The van der Waals surface area contributed by atoms with E-state index in [2.05, 4.69) is 5.32 Å². The molecule has 188 valence electrons. The number of benzene rings is 2. The van der Waals surface area contributed by atoms with Crippen molar-refractivity contribution in [1.29, 1.82) is 0 Å². The van der Waals surface area contributed by atoms with Crippen molar-refractivity contribution in [2.45, 2.75) is 38.7 Å². The molecule has 7 heteroatoms. The van der Waals surface area contributed by atoms with Crippen LogP contribution in [0.2, 0.25) is 0 Å². The molecule has 1 saturated carbocycles. The van der Waals surface area contributed by atoms with Gasteiger partial charge in [-0.15, -0.1) is 0 Å². The standard InChI is InChI=1S/C30H29N3O4/c1-20(34)31-23-16-13-21(14-17-23)28-25(32-27-12-5-6-19-33(27)30(28)35)18-15-22-8-7-11-26(36-2)29(22)37-24-9-3-4-10-24/h5-8,11-19,24H,3-4,9-10H2,1-2H3,(H,31,34). The van der Waals surface area contributed by atoms with E-state index in [-0.39, 0.29) is 17.6 Å². The second kappa shape index (κ2) is 10.7. The molecule has 1 N–H and O–H groups in total. The largest absolute Gasteiger partial charge is 0.493 e. The van der Waals surface area contributed by atoms with E-state index >= 15 is 0 Å². The van der Waals surface area contributed by atoms with Crippen molar-refractivity contribution in [3.63, 3.8) is 0 Å². The topological polar surface area (TPSA) is 81.9 Å². The summed E-state index contributed by atoms with van der Waals surface area (Å²) in [4.78, 5) is 29.8. The van der Waals surface area contributed by atoms with Gasteiger partial charge >= 0.3 is 0 Å². The minimum atomic E-state index is -0.175. The molecule has 1 aliphatic rings. The predicted molar refractivity (Wildman–Crippen MR) is 146 cm³/mol. The van der Waals surface area contributed by atoms with Gasteiger partial charge in [-0.25, -0.2) is 4.98 Å². The monoisotopic (exact) mass is 495 g/mol. The SMILES string of the molecule is COc1cccc(C=Cc2nc3ccccn3c(=O)c2-c2ccc(NC(C)=O)cc2)c1OC1CCCC1. The summed E-state index contributed by atoms with van der Waals surface area (Å²) in [6, 6.07) is 18.4. The normalized spacial score (nSPS) is 13.8. The first-order chi connectivity index (χ1) is 18.0.